The molecule has 0 spiro atoms. The SMILES string of the molecule is C=C1N[C@@]2(c3ccc(C#N)s3)CNC[C@H]2C(=O)N1C. The first-order chi connectivity index (χ1) is 9.08. The molecule has 6 heteroatoms. The summed E-state index contributed by atoms with van der Waals surface area (Å²) in [5, 5.41) is 15.6. The monoisotopic (exact) mass is 274 g/mol. The number of hydrogen-bond donors (Lipinski definition) is 2. The van der Waals surface area contributed by atoms with Crippen LogP contribution < -0.4 is 10.6 Å². The number of nitrogens with one attached hydrogen (secondary N) is 2. The van der Waals surface area contributed by atoms with Crippen LogP contribution in [0.4, 0.5) is 0 Å². The van der Waals surface area contributed by atoms with Crippen molar-refractivity contribution in [2.24, 2.45) is 5.92 Å². The zero-order chi connectivity index (χ0) is 13.6. The van der Waals surface area contributed by atoms with Gasteiger partial charge in [0.1, 0.15) is 16.8 Å². The lowest BCUT2D eigenvalue weighted by Crippen LogP contribution is -2.60. The number of rotatable bonds is 1. The molecule has 0 aliphatic carbocycles. The van der Waals surface area contributed by atoms with E-state index in [0.29, 0.717) is 23.8 Å². The summed E-state index contributed by atoms with van der Waals surface area (Å²) >= 11 is 1.44. The van der Waals surface area contributed by atoms with Gasteiger partial charge in [0.15, 0.2) is 0 Å². The van der Waals surface area contributed by atoms with E-state index in [4.69, 9.17) is 5.26 Å². The van der Waals surface area contributed by atoms with E-state index in [1.807, 2.05) is 6.07 Å². The predicted molar refractivity (Wildman–Crippen MR) is 72.1 cm³/mol. The van der Waals surface area contributed by atoms with E-state index in [1.165, 1.54) is 11.3 Å². The molecule has 0 saturated carbocycles. The highest BCUT2D eigenvalue weighted by Gasteiger charge is 2.53. The maximum absolute atomic E-state index is 12.4. The molecule has 19 heavy (non-hydrogen) atoms. The summed E-state index contributed by atoms with van der Waals surface area (Å²) in [6.45, 7) is 5.22. The van der Waals surface area contributed by atoms with Crippen molar-refractivity contribution < 1.29 is 4.79 Å². The van der Waals surface area contributed by atoms with Crippen LogP contribution in [0.1, 0.15) is 9.75 Å². The van der Waals surface area contributed by atoms with Gasteiger partial charge in [0.05, 0.1) is 11.5 Å². The van der Waals surface area contributed by atoms with Crippen molar-refractivity contribution in [2.45, 2.75) is 5.54 Å². The third-order valence-electron chi connectivity index (χ3n) is 3.90. The molecule has 0 unspecified atom stereocenters. The summed E-state index contributed by atoms with van der Waals surface area (Å²) in [6.07, 6.45) is 0. The number of nitrogens with zero attached hydrogens (tertiary/aromatic N) is 2. The maximum atomic E-state index is 12.4. The minimum absolute atomic E-state index is 0.0701. The molecule has 2 atom stereocenters. The van der Waals surface area contributed by atoms with Crippen molar-refractivity contribution in [1.29, 1.82) is 5.26 Å². The lowest BCUT2D eigenvalue weighted by molar-refractivity contribution is -0.137. The van der Waals surface area contributed by atoms with Gasteiger partial charge in [-0.25, -0.2) is 0 Å². The number of hydrogen-bond acceptors (Lipinski definition) is 5. The normalized spacial score (nSPS) is 29.9. The molecule has 3 heterocycles. The summed E-state index contributed by atoms with van der Waals surface area (Å²) in [5.41, 5.74) is -0.458. The average molecular weight is 274 g/mol. The smallest absolute Gasteiger partial charge is 0.235 e. The van der Waals surface area contributed by atoms with Gasteiger partial charge in [0.25, 0.3) is 0 Å². The molecular formula is C13H14N4OS. The van der Waals surface area contributed by atoms with Crippen LogP contribution in [-0.2, 0) is 10.3 Å². The Hall–Kier alpha value is -1.84. The second kappa shape index (κ2) is 4.08. The van der Waals surface area contributed by atoms with Crippen molar-refractivity contribution in [3.63, 3.8) is 0 Å². The third-order valence-corrected chi connectivity index (χ3v) is 5.07. The van der Waals surface area contributed by atoms with Crippen molar-refractivity contribution >= 4 is 17.2 Å². The maximum Gasteiger partial charge on any atom is 0.235 e. The Labute approximate surface area is 115 Å². The van der Waals surface area contributed by atoms with Crippen LogP contribution in [0.15, 0.2) is 24.5 Å². The highest BCUT2D eigenvalue weighted by molar-refractivity contribution is 7.12. The molecule has 2 aliphatic rings. The number of carbonyl (C=O) groups is 1. The zero-order valence-electron chi connectivity index (χ0n) is 10.6. The Bertz CT molecular complexity index is 602. The molecule has 2 saturated heterocycles. The Morgan fingerprint density at radius 2 is 2.42 bits per heavy atom. The average Bonchev–Trinajstić information content (AvgIpc) is 3.02. The first kappa shape index (κ1) is 12.2. The summed E-state index contributed by atoms with van der Waals surface area (Å²) in [5.74, 6) is 0.519. The van der Waals surface area contributed by atoms with E-state index < -0.39 is 5.54 Å². The molecule has 1 aromatic rings. The van der Waals surface area contributed by atoms with E-state index in [-0.39, 0.29) is 11.8 Å². The molecule has 1 amide bonds. The van der Waals surface area contributed by atoms with Gasteiger partial charge < -0.3 is 15.5 Å². The fourth-order valence-corrected chi connectivity index (χ4v) is 3.81. The van der Waals surface area contributed by atoms with Gasteiger partial charge in [-0.15, -0.1) is 11.3 Å². The van der Waals surface area contributed by atoms with Gasteiger partial charge in [0.2, 0.25) is 5.91 Å². The van der Waals surface area contributed by atoms with Crippen LogP contribution in [0.5, 0.6) is 0 Å². The topological polar surface area (TPSA) is 68.2 Å². The molecule has 1 aromatic heterocycles. The summed E-state index contributed by atoms with van der Waals surface area (Å²) in [7, 11) is 1.73. The minimum atomic E-state index is -0.458. The molecule has 2 N–H and O–H groups in total. The van der Waals surface area contributed by atoms with Crippen LogP contribution in [0.2, 0.25) is 0 Å². The molecule has 3 rings (SSSR count). The van der Waals surface area contributed by atoms with Crippen molar-refractivity contribution in [1.82, 2.24) is 15.5 Å². The summed E-state index contributed by atoms with van der Waals surface area (Å²) in [6, 6.07) is 5.88. The number of carbonyl (C=O) groups excluding carboxylic acids is 1. The first-order valence-electron chi connectivity index (χ1n) is 6.04. The van der Waals surface area contributed by atoms with E-state index >= 15 is 0 Å². The van der Waals surface area contributed by atoms with Gasteiger partial charge in [0, 0.05) is 25.0 Å². The quantitative estimate of drug-likeness (QED) is 0.785. The first-order valence-corrected chi connectivity index (χ1v) is 6.86. The summed E-state index contributed by atoms with van der Waals surface area (Å²) < 4.78 is 0. The Balaban J connectivity index is 2.08. The second-order valence-corrected chi connectivity index (χ2v) is 5.98. The Morgan fingerprint density at radius 3 is 3.11 bits per heavy atom. The highest BCUT2D eigenvalue weighted by Crippen LogP contribution is 2.41. The Morgan fingerprint density at radius 1 is 1.63 bits per heavy atom. The van der Waals surface area contributed by atoms with Gasteiger partial charge in [-0.2, -0.15) is 5.26 Å². The van der Waals surface area contributed by atoms with Gasteiger partial charge >= 0.3 is 0 Å². The van der Waals surface area contributed by atoms with E-state index in [1.54, 1.807) is 18.0 Å². The van der Waals surface area contributed by atoms with Crippen LogP contribution >= 0.6 is 11.3 Å². The van der Waals surface area contributed by atoms with Crippen LogP contribution in [0.25, 0.3) is 0 Å². The second-order valence-electron chi connectivity index (χ2n) is 4.90. The van der Waals surface area contributed by atoms with Crippen molar-refractivity contribution in [3.05, 3.63) is 34.3 Å². The van der Waals surface area contributed by atoms with E-state index in [2.05, 4.69) is 23.3 Å². The minimum Gasteiger partial charge on any atom is -0.359 e. The van der Waals surface area contributed by atoms with Gasteiger partial charge in [-0.05, 0) is 12.1 Å². The number of nitriles is 1. The van der Waals surface area contributed by atoms with E-state index in [9.17, 15) is 4.79 Å². The van der Waals surface area contributed by atoms with Crippen LogP contribution in [0, 0.1) is 17.2 Å². The molecule has 0 radical (unpaired) electrons. The predicted octanol–water partition coefficient (Wildman–Crippen LogP) is 0.567. The lowest BCUT2D eigenvalue weighted by Gasteiger charge is -2.43. The highest BCUT2D eigenvalue weighted by atomic mass is 32.1. The number of amides is 1. The fourth-order valence-electron chi connectivity index (χ4n) is 2.81. The molecule has 0 aromatic carbocycles. The van der Waals surface area contributed by atoms with Crippen LogP contribution in [-0.4, -0.2) is 30.9 Å². The summed E-state index contributed by atoms with van der Waals surface area (Å²) in [4.78, 5) is 15.6. The standard InChI is InChI=1S/C13H14N4OS/c1-8-16-13(11-4-3-9(5-14)19-11)7-15-6-10(13)12(18)17(8)2/h3-4,10,15-16H,1,6-7H2,2H3/t10-,13-/m0/s1. The molecular weight excluding hydrogens is 260 g/mol. The Kier molecular flexibility index (Phi) is 2.62. The van der Waals surface area contributed by atoms with Gasteiger partial charge in [-0.3, -0.25) is 4.79 Å². The number of thiophene rings is 1. The number of fused-ring (bicyclic) bond motifs is 1. The van der Waals surface area contributed by atoms with Crippen molar-refractivity contribution in [2.75, 3.05) is 20.1 Å². The molecule has 2 aliphatic heterocycles. The molecule has 2 fully saturated rings. The van der Waals surface area contributed by atoms with E-state index in [0.717, 1.165) is 4.88 Å². The van der Waals surface area contributed by atoms with Crippen molar-refractivity contribution in [3.8, 4) is 6.07 Å². The van der Waals surface area contributed by atoms with Gasteiger partial charge in [-0.1, -0.05) is 6.58 Å². The lowest BCUT2D eigenvalue weighted by atomic mass is 9.82. The fraction of sp³-hybridized carbons (Fsp3) is 0.385. The van der Waals surface area contributed by atoms with Crippen LogP contribution in [0.3, 0.4) is 0 Å². The molecule has 98 valence electrons. The zero-order valence-corrected chi connectivity index (χ0v) is 11.4. The largest absolute Gasteiger partial charge is 0.359 e. The molecule has 5 nitrogen and oxygen atoms in total. The molecule has 0 bridgehead atoms. The third kappa shape index (κ3) is 1.59.